The summed E-state index contributed by atoms with van der Waals surface area (Å²) in [7, 11) is 0. The van der Waals surface area contributed by atoms with Gasteiger partial charge in [0.25, 0.3) is 17.0 Å². The van der Waals surface area contributed by atoms with Crippen molar-refractivity contribution in [3.63, 3.8) is 0 Å². The number of nitrogens with zero attached hydrogens (tertiary/aromatic N) is 1. The number of aromatic amines is 1. The molecule has 0 saturated heterocycles. The van der Waals surface area contributed by atoms with Crippen molar-refractivity contribution in [2.45, 2.75) is 12.7 Å². The first kappa shape index (κ1) is 14.0. The van der Waals surface area contributed by atoms with E-state index in [0.717, 1.165) is 12.1 Å². The summed E-state index contributed by atoms with van der Waals surface area (Å²) in [6.07, 6.45) is -4.58. The Hall–Kier alpha value is -2.10. The molecule has 0 aromatic carbocycles. The van der Waals surface area contributed by atoms with Crippen LogP contribution in [-0.4, -0.2) is 28.5 Å². The number of alkyl halides is 3. The lowest BCUT2D eigenvalue weighted by Gasteiger charge is -2.08. The van der Waals surface area contributed by atoms with Gasteiger partial charge >= 0.3 is 6.18 Å². The highest BCUT2D eigenvalue weighted by Gasteiger charge is 2.28. The van der Waals surface area contributed by atoms with Crippen molar-refractivity contribution in [1.29, 1.82) is 0 Å². The third-order valence-corrected chi connectivity index (χ3v) is 1.61. The lowest BCUT2D eigenvalue weighted by Crippen LogP contribution is -2.37. The highest BCUT2D eigenvalue weighted by Crippen LogP contribution is 2.13. The summed E-state index contributed by atoms with van der Waals surface area (Å²) < 4.78 is 35.6. The van der Waals surface area contributed by atoms with Crippen LogP contribution in [-0.2, 0) is 16.2 Å². The van der Waals surface area contributed by atoms with Gasteiger partial charge in [0.05, 0.1) is 0 Å². The Morgan fingerprint density at radius 2 is 2.06 bits per heavy atom. The average molecular weight is 267 g/mol. The minimum Gasteiger partial charge on any atom is -0.271 e. The number of nitrogens with one attached hydrogen (secondary N) is 2. The van der Waals surface area contributed by atoms with Gasteiger partial charge in [-0.15, -0.1) is 0 Å². The van der Waals surface area contributed by atoms with Crippen molar-refractivity contribution < 1.29 is 22.8 Å². The molecule has 7 nitrogen and oxygen atoms in total. The summed E-state index contributed by atoms with van der Waals surface area (Å²) >= 11 is 0. The predicted molar refractivity (Wildman–Crippen MR) is 51.5 cm³/mol. The SMILES string of the molecule is O=C(Cn1[nH]c(=O)ccc1=O)NOCC(F)(F)F. The Morgan fingerprint density at radius 1 is 1.39 bits per heavy atom. The number of hydrogen-bond donors (Lipinski definition) is 2. The van der Waals surface area contributed by atoms with Crippen molar-refractivity contribution in [3.8, 4) is 0 Å². The molecule has 0 spiro atoms. The van der Waals surface area contributed by atoms with Crippen molar-refractivity contribution in [2.75, 3.05) is 6.61 Å². The van der Waals surface area contributed by atoms with Gasteiger partial charge in [0.15, 0.2) is 6.61 Å². The maximum Gasteiger partial charge on any atom is 0.414 e. The summed E-state index contributed by atoms with van der Waals surface area (Å²) in [5.74, 6) is -1.01. The maximum absolute atomic E-state index is 11.7. The molecule has 1 amide bonds. The quantitative estimate of drug-likeness (QED) is 0.695. The second-order valence-electron chi connectivity index (χ2n) is 3.16. The van der Waals surface area contributed by atoms with Crippen LogP contribution < -0.4 is 16.6 Å². The fourth-order valence-electron chi connectivity index (χ4n) is 0.954. The molecule has 1 heterocycles. The number of H-pyrrole nitrogens is 1. The summed E-state index contributed by atoms with van der Waals surface area (Å²) in [5.41, 5.74) is 0.187. The normalized spacial score (nSPS) is 11.3. The average Bonchev–Trinajstić information content (AvgIpc) is 2.21. The van der Waals surface area contributed by atoms with Crippen LogP contribution in [0.25, 0.3) is 0 Å². The van der Waals surface area contributed by atoms with Gasteiger partial charge in [0.2, 0.25) is 0 Å². The number of carbonyl (C=O) groups is 1. The van der Waals surface area contributed by atoms with Gasteiger partial charge in [-0.25, -0.2) is 10.2 Å². The first-order valence-corrected chi connectivity index (χ1v) is 4.55. The molecule has 18 heavy (non-hydrogen) atoms. The number of aromatic nitrogens is 2. The fraction of sp³-hybridized carbons (Fsp3) is 0.375. The van der Waals surface area contributed by atoms with Gasteiger partial charge in [-0.3, -0.25) is 24.3 Å². The molecule has 1 aromatic heterocycles. The zero-order valence-corrected chi connectivity index (χ0v) is 8.78. The van der Waals surface area contributed by atoms with E-state index in [0.29, 0.717) is 4.68 Å². The van der Waals surface area contributed by atoms with Crippen molar-refractivity contribution in [1.82, 2.24) is 15.3 Å². The van der Waals surface area contributed by atoms with Gasteiger partial charge in [0.1, 0.15) is 6.54 Å². The maximum atomic E-state index is 11.7. The molecule has 0 unspecified atom stereocenters. The van der Waals surface area contributed by atoms with Gasteiger partial charge in [-0.1, -0.05) is 0 Å². The molecule has 0 aliphatic rings. The zero-order valence-electron chi connectivity index (χ0n) is 8.78. The number of rotatable bonds is 4. The fourth-order valence-corrected chi connectivity index (χ4v) is 0.954. The molecule has 0 saturated carbocycles. The largest absolute Gasteiger partial charge is 0.414 e. The number of hydroxylamine groups is 1. The third kappa shape index (κ3) is 4.82. The molecule has 10 heteroatoms. The third-order valence-electron chi connectivity index (χ3n) is 1.61. The Labute approximate surface area is 97.1 Å². The van der Waals surface area contributed by atoms with E-state index in [-0.39, 0.29) is 0 Å². The van der Waals surface area contributed by atoms with E-state index in [1.54, 1.807) is 0 Å². The number of amides is 1. The van der Waals surface area contributed by atoms with E-state index in [9.17, 15) is 27.6 Å². The standard InChI is InChI=1S/C8H8F3N3O4/c9-8(10,11)4-18-13-6(16)3-14-7(17)2-1-5(15)12-14/h1-2H,3-4H2,(H,12,15)(H,13,16). The summed E-state index contributed by atoms with van der Waals surface area (Å²) in [6, 6.07) is 1.87. The van der Waals surface area contributed by atoms with E-state index in [1.165, 1.54) is 5.48 Å². The predicted octanol–water partition coefficient (Wildman–Crippen LogP) is -0.853. The molecule has 2 N–H and O–H groups in total. The molecular weight excluding hydrogens is 259 g/mol. The minimum absolute atomic E-state index is 0.626. The van der Waals surface area contributed by atoms with Crippen LogP contribution in [0.15, 0.2) is 21.7 Å². The van der Waals surface area contributed by atoms with Crippen LogP contribution in [0.5, 0.6) is 0 Å². The molecule has 0 bridgehead atoms. The topological polar surface area (TPSA) is 93.2 Å². The molecule has 0 aliphatic heterocycles. The van der Waals surface area contributed by atoms with Crippen molar-refractivity contribution in [2.24, 2.45) is 0 Å². The summed E-state index contributed by atoms with van der Waals surface area (Å²) in [4.78, 5) is 36.9. The van der Waals surface area contributed by atoms with Crippen LogP contribution in [0, 0.1) is 0 Å². The van der Waals surface area contributed by atoms with Gasteiger partial charge in [-0.05, 0) is 0 Å². The van der Waals surface area contributed by atoms with Gasteiger partial charge in [-0.2, -0.15) is 13.2 Å². The minimum atomic E-state index is -4.58. The van der Waals surface area contributed by atoms with E-state index in [1.807, 2.05) is 5.10 Å². The van der Waals surface area contributed by atoms with Gasteiger partial charge < -0.3 is 0 Å². The lowest BCUT2D eigenvalue weighted by atomic mass is 10.5. The number of halogens is 3. The molecule has 0 atom stereocenters. The van der Waals surface area contributed by atoms with Crippen molar-refractivity contribution >= 4 is 5.91 Å². The Morgan fingerprint density at radius 3 is 2.67 bits per heavy atom. The lowest BCUT2D eigenvalue weighted by molar-refractivity contribution is -0.191. The number of hydrogen-bond acceptors (Lipinski definition) is 4. The second kappa shape index (κ2) is 5.49. The Kier molecular flexibility index (Phi) is 4.26. The smallest absolute Gasteiger partial charge is 0.271 e. The van der Waals surface area contributed by atoms with Crippen LogP contribution >= 0.6 is 0 Å². The van der Waals surface area contributed by atoms with Crippen LogP contribution in [0.3, 0.4) is 0 Å². The van der Waals surface area contributed by atoms with E-state index in [2.05, 4.69) is 4.84 Å². The molecule has 1 aromatic rings. The van der Waals surface area contributed by atoms with Crippen LogP contribution in [0.4, 0.5) is 13.2 Å². The monoisotopic (exact) mass is 267 g/mol. The highest BCUT2D eigenvalue weighted by molar-refractivity contribution is 5.74. The molecule has 100 valence electrons. The summed E-state index contributed by atoms with van der Waals surface area (Å²) in [6.45, 7) is -2.31. The van der Waals surface area contributed by atoms with E-state index >= 15 is 0 Å². The number of carbonyl (C=O) groups excluding carboxylic acids is 1. The first-order chi connectivity index (χ1) is 8.28. The Balaban J connectivity index is 2.53. The van der Waals surface area contributed by atoms with Gasteiger partial charge in [0, 0.05) is 12.1 Å². The molecule has 0 fully saturated rings. The summed E-state index contributed by atoms with van der Waals surface area (Å²) in [5, 5.41) is 2.02. The van der Waals surface area contributed by atoms with E-state index in [4.69, 9.17) is 0 Å². The molecule has 0 aliphatic carbocycles. The highest BCUT2D eigenvalue weighted by atomic mass is 19.4. The molecule has 1 rings (SSSR count). The second-order valence-corrected chi connectivity index (χ2v) is 3.16. The van der Waals surface area contributed by atoms with Crippen LogP contribution in [0.2, 0.25) is 0 Å². The first-order valence-electron chi connectivity index (χ1n) is 4.55. The van der Waals surface area contributed by atoms with E-state index < -0.39 is 36.4 Å². The molecule has 0 radical (unpaired) electrons. The molecular formula is C8H8F3N3O4. The van der Waals surface area contributed by atoms with Crippen LogP contribution in [0.1, 0.15) is 0 Å². The zero-order chi connectivity index (χ0) is 13.8. The Bertz CT molecular complexity index is 533. The van der Waals surface area contributed by atoms with Crippen molar-refractivity contribution in [3.05, 3.63) is 32.8 Å².